The Morgan fingerprint density at radius 2 is 1.58 bits per heavy atom. The maximum Gasteiger partial charge on any atom is 0.326 e. The van der Waals surface area contributed by atoms with Crippen molar-refractivity contribution in [1.29, 1.82) is 0 Å². The van der Waals surface area contributed by atoms with Gasteiger partial charge in [-0.3, -0.25) is 9.59 Å². The average Bonchev–Trinajstić information content (AvgIpc) is 2.76. The molecule has 6 nitrogen and oxygen atoms in total. The molecule has 2 aromatic rings. The highest BCUT2D eigenvalue weighted by molar-refractivity contribution is 7.80. The van der Waals surface area contributed by atoms with E-state index in [0.29, 0.717) is 12.8 Å². The van der Waals surface area contributed by atoms with Crippen molar-refractivity contribution in [3.05, 3.63) is 71.3 Å². The number of carboxylic acids is 1. The van der Waals surface area contributed by atoms with Crippen LogP contribution in [0, 0.1) is 5.92 Å². The van der Waals surface area contributed by atoms with E-state index in [-0.39, 0.29) is 24.7 Å². The summed E-state index contributed by atoms with van der Waals surface area (Å²) in [5.74, 6) is -1.73. The first kappa shape index (κ1) is 26.2. The van der Waals surface area contributed by atoms with Gasteiger partial charge < -0.3 is 15.7 Å². The van der Waals surface area contributed by atoms with Crippen LogP contribution < -0.4 is 10.6 Å². The minimum absolute atomic E-state index is 0.136. The fraction of sp³-hybridized carbons (Fsp3) is 0.385. The third-order valence-corrected chi connectivity index (χ3v) is 5.46. The van der Waals surface area contributed by atoms with Gasteiger partial charge in [-0.15, -0.1) is 0 Å². The number of hydrogen-bond acceptors (Lipinski definition) is 4. The Bertz CT molecular complexity index is 975. The molecule has 176 valence electrons. The largest absolute Gasteiger partial charge is 0.480 e. The smallest absolute Gasteiger partial charge is 0.326 e. The van der Waals surface area contributed by atoms with E-state index in [1.807, 2.05) is 75.4 Å². The molecule has 0 aromatic heterocycles. The number of aryl methyl sites for hydroxylation is 1. The second-order valence-electron chi connectivity index (χ2n) is 8.56. The van der Waals surface area contributed by atoms with Gasteiger partial charge >= 0.3 is 5.97 Å². The topological polar surface area (TPSA) is 95.5 Å². The third kappa shape index (κ3) is 8.77. The Balaban J connectivity index is 2.17. The van der Waals surface area contributed by atoms with Crippen LogP contribution in [0.1, 0.15) is 50.3 Å². The van der Waals surface area contributed by atoms with E-state index in [9.17, 15) is 19.5 Å². The number of carbonyl (C=O) groups excluding carboxylic acids is 2. The summed E-state index contributed by atoms with van der Waals surface area (Å²) in [6.45, 7) is 5.70. The number of carbonyl (C=O) groups is 3. The summed E-state index contributed by atoms with van der Waals surface area (Å²) in [5.41, 5.74) is 2.73. The number of thiocarbonyl (C=S) groups is 1. The first-order valence-corrected chi connectivity index (χ1v) is 11.5. The fourth-order valence-corrected chi connectivity index (χ4v) is 3.80. The predicted octanol–water partition coefficient (Wildman–Crippen LogP) is 3.70. The molecule has 0 heterocycles. The Labute approximate surface area is 200 Å². The van der Waals surface area contributed by atoms with Gasteiger partial charge in [-0.05, 0) is 42.4 Å². The van der Waals surface area contributed by atoms with Crippen LogP contribution in [0.15, 0.2) is 54.6 Å². The van der Waals surface area contributed by atoms with Crippen molar-refractivity contribution in [3.8, 4) is 0 Å². The molecule has 33 heavy (non-hydrogen) atoms. The molecule has 7 heteroatoms. The van der Waals surface area contributed by atoms with E-state index in [4.69, 9.17) is 12.2 Å². The molecule has 0 fully saturated rings. The number of amides is 2. The van der Waals surface area contributed by atoms with Crippen molar-refractivity contribution < 1.29 is 19.5 Å². The van der Waals surface area contributed by atoms with Crippen LogP contribution in [0.5, 0.6) is 0 Å². The highest BCUT2D eigenvalue weighted by Gasteiger charge is 2.27. The highest BCUT2D eigenvalue weighted by Crippen LogP contribution is 2.14. The van der Waals surface area contributed by atoms with E-state index < -0.39 is 24.0 Å². The highest BCUT2D eigenvalue weighted by atomic mass is 32.1. The van der Waals surface area contributed by atoms with Crippen LogP contribution in [-0.2, 0) is 27.2 Å². The van der Waals surface area contributed by atoms with Crippen LogP contribution in [-0.4, -0.2) is 39.8 Å². The molecule has 3 N–H and O–H groups in total. The molecule has 2 aromatic carbocycles. The second kappa shape index (κ2) is 12.8. The summed E-state index contributed by atoms with van der Waals surface area (Å²) < 4.78 is 0. The first-order chi connectivity index (χ1) is 15.7. The van der Waals surface area contributed by atoms with Gasteiger partial charge in [0.1, 0.15) is 12.1 Å². The summed E-state index contributed by atoms with van der Waals surface area (Å²) in [6, 6.07) is 14.9. The van der Waals surface area contributed by atoms with Crippen LogP contribution in [0.3, 0.4) is 0 Å². The predicted molar refractivity (Wildman–Crippen MR) is 133 cm³/mol. The Morgan fingerprint density at radius 3 is 2.18 bits per heavy atom. The van der Waals surface area contributed by atoms with Gasteiger partial charge in [0, 0.05) is 17.7 Å². The van der Waals surface area contributed by atoms with Gasteiger partial charge in [0.15, 0.2) is 0 Å². The number of nitrogens with one attached hydrogen (secondary N) is 2. The quantitative estimate of drug-likeness (QED) is 0.326. The lowest BCUT2D eigenvalue weighted by Gasteiger charge is -2.22. The molecule has 0 aliphatic rings. The lowest BCUT2D eigenvalue weighted by Crippen LogP contribution is -2.52. The first-order valence-electron chi connectivity index (χ1n) is 11.1. The Hall–Kier alpha value is -3.06. The van der Waals surface area contributed by atoms with Gasteiger partial charge in [0.25, 0.3) is 0 Å². The molecular weight excluding hydrogens is 436 g/mol. The molecule has 0 spiro atoms. The van der Waals surface area contributed by atoms with E-state index >= 15 is 0 Å². The molecule has 0 radical (unpaired) electrons. The summed E-state index contributed by atoms with van der Waals surface area (Å²) in [4.78, 5) is 38.1. The number of aliphatic carboxylic acids is 1. The van der Waals surface area contributed by atoms with Crippen LogP contribution in [0.4, 0.5) is 0 Å². The molecule has 0 bridgehead atoms. The summed E-state index contributed by atoms with van der Waals surface area (Å²) >= 11 is 5.33. The van der Waals surface area contributed by atoms with Crippen LogP contribution in [0.2, 0.25) is 0 Å². The van der Waals surface area contributed by atoms with Crippen molar-refractivity contribution in [2.24, 2.45) is 5.92 Å². The zero-order valence-corrected chi connectivity index (χ0v) is 20.2. The lowest BCUT2D eigenvalue weighted by molar-refractivity contribution is -0.142. The van der Waals surface area contributed by atoms with Crippen molar-refractivity contribution in [2.75, 3.05) is 0 Å². The molecular formula is C26H32N2O4S. The van der Waals surface area contributed by atoms with E-state index in [2.05, 4.69) is 10.6 Å². The molecule has 0 unspecified atom stereocenters. The zero-order valence-electron chi connectivity index (χ0n) is 19.3. The van der Waals surface area contributed by atoms with Gasteiger partial charge in [-0.25, -0.2) is 4.79 Å². The molecule has 0 saturated heterocycles. The standard InChI is InChI=1S/C26H32N2O4S/c1-17(2)15-24(29)27-22(14-13-20-11-7-8-12-21(20)18(3)33)25(30)28-23(26(31)32)16-19-9-5-4-6-10-19/h4-12,17,22-23H,13-16H2,1-3H3,(H,27,29)(H,28,30)(H,31,32)/t22-,23-/m0/s1. The molecule has 2 atom stereocenters. The normalized spacial score (nSPS) is 12.6. The van der Waals surface area contributed by atoms with Crippen LogP contribution >= 0.6 is 12.2 Å². The molecule has 2 rings (SSSR count). The molecule has 0 aliphatic heterocycles. The minimum Gasteiger partial charge on any atom is -0.480 e. The van der Waals surface area contributed by atoms with Gasteiger partial charge in [0.2, 0.25) is 11.8 Å². The number of benzene rings is 2. The Morgan fingerprint density at radius 1 is 0.939 bits per heavy atom. The summed E-state index contributed by atoms with van der Waals surface area (Å²) in [5, 5.41) is 15.1. The van der Waals surface area contributed by atoms with Gasteiger partial charge in [-0.1, -0.05) is 80.7 Å². The maximum atomic E-state index is 13.1. The van der Waals surface area contributed by atoms with E-state index in [1.165, 1.54) is 0 Å². The second-order valence-corrected chi connectivity index (χ2v) is 9.17. The summed E-state index contributed by atoms with van der Waals surface area (Å²) in [7, 11) is 0. The molecule has 2 amide bonds. The minimum atomic E-state index is -1.12. The zero-order chi connectivity index (χ0) is 24.4. The van der Waals surface area contributed by atoms with Crippen LogP contribution in [0.25, 0.3) is 0 Å². The maximum absolute atomic E-state index is 13.1. The summed E-state index contributed by atoms with van der Waals surface area (Å²) in [6.07, 6.45) is 1.28. The fourth-order valence-electron chi connectivity index (χ4n) is 3.60. The van der Waals surface area contributed by atoms with E-state index in [0.717, 1.165) is 21.6 Å². The lowest BCUT2D eigenvalue weighted by atomic mass is 9.97. The van der Waals surface area contributed by atoms with Gasteiger partial charge in [0.05, 0.1) is 0 Å². The average molecular weight is 469 g/mol. The monoisotopic (exact) mass is 468 g/mol. The van der Waals surface area contributed by atoms with Gasteiger partial charge in [-0.2, -0.15) is 0 Å². The van der Waals surface area contributed by atoms with Crippen molar-refractivity contribution >= 4 is 34.9 Å². The van der Waals surface area contributed by atoms with Crippen molar-refractivity contribution in [3.63, 3.8) is 0 Å². The van der Waals surface area contributed by atoms with E-state index in [1.54, 1.807) is 0 Å². The number of rotatable bonds is 12. The number of hydrogen-bond donors (Lipinski definition) is 3. The SMILES string of the molecule is CC(=S)c1ccccc1CC[C@H](NC(=O)CC(C)C)C(=O)N[C@@H](Cc1ccccc1)C(=O)O. The molecule has 0 saturated carbocycles. The third-order valence-electron chi connectivity index (χ3n) is 5.24. The van der Waals surface area contributed by atoms with Crippen molar-refractivity contribution in [2.45, 2.75) is 58.5 Å². The Kier molecular flexibility index (Phi) is 10.2. The number of carboxylic acid groups (broad SMARTS) is 1. The molecule has 0 aliphatic carbocycles. The van der Waals surface area contributed by atoms with Crippen molar-refractivity contribution in [1.82, 2.24) is 10.6 Å².